The number of likely N-dealkylation sites (tertiary alicyclic amines) is 1. The first-order chi connectivity index (χ1) is 14.3. The lowest BCUT2D eigenvalue weighted by Gasteiger charge is -2.38. The van der Waals surface area contributed by atoms with Crippen molar-refractivity contribution < 1.29 is 9.47 Å². The number of halogens is 2. The standard InChI is InChI=1S/C25H40N2O2.2ClH/c1-21-4-2-13-26(20-21)14-3-17-29-25-11-7-23(8-12-25)22-5-9-24(10-6-22)27-15-18-28-19-16-27;;/h7-8,11-12,21-22,24H,2-6,9-10,13-20H2,1H3;2*1H/t21-,22-,24-;;/m0../s1. The summed E-state index contributed by atoms with van der Waals surface area (Å²) in [5, 5.41) is 0. The van der Waals surface area contributed by atoms with Crippen LogP contribution in [0.3, 0.4) is 0 Å². The summed E-state index contributed by atoms with van der Waals surface area (Å²) in [7, 11) is 0. The molecule has 0 spiro atoms. The Balaban J connectivity index is 0.00000171. The van der Waals surface area contributed by atoms with Crippen LogP contribution in [0.5, 0.6) is 5.75 Å². The molecule has 1 atom stereocenters. The van der Waals surface area contributed by atoms with Crippen molar-refractivity contribution in [3.05, 3.63) is 29.8 Å². The molecule has 178 valence electrons. The van der Waals surface area contributed by atoms with Gasteiger partial charge in [0.1, 0.15) is 5.75 Å². The zero-order chi connectivity index (χ0) is 19.9. The van der Waals surface area contributed by atoms with Gasteiger partial charge < -0.3 is 14.4 Å². The third-order valence-electron chi connectivity index (χ3n) is 7.24. The van der Waals surface area contributed by atoms with Gasteiger partial charge in [0.15, 0.2) is 0 Å². The van der Waals surface area contributed by atoms with Gasteiger partial charge in [0.25, 0.3) is 0 Å². The highest BCUT2D eigenvalue weighted by atomic mass is 35.5. The molecule has 0 N–H and O–H groups in total. The molecule has 1 aromatic carbocycles. The van der Waals surface area contributed by atoms with Gasteiger partial charge in [0.05, 0.1) is 19.8 Å². The van der Waals surface area contributed by atoms with Crippen LogP contribution in [0.4, 0.5) is 0 Å². The van der Waals surface area contributed by atoms with E-state index in [2.05, 4.69) is 41.0 Å². The van der Waals surface area contributed by atoms with Crippen LogP contribution >= 0.6 is 24.8 Å². The number of piperidine rings is 1. The predicted octanol–water partition coefficient (Wildman–Crippen LogP) is 5.39. The Bertz CT molecular complexity index is 602. The van der Waals surface area contributed by atoms with Crippen LogP contribution in [0.25, 0.3) is 0 Å². The fourth-order valence-electron chi connectivity index (χ4n) is 5.52. The van der Waals surface area contributed by atoms with E-state index in [9.17, 15) is 0 Å². The molecule has 0 radical (unpaired) electrons. The third kappa shape index (κ3) is 8.08. The van der Waals surface area contributed by atoms with Gasteiger partial charge >= 0.3 is 0 Å². The average Bonchev–Trinajstić information content (AvgIpc) is 2.78. The van der Waals surface area contributed by atoms with Gasteiger partial charge in [-0.05, 0) is 81.0 Å². The zero-order valence-electron chi connectivity index (χ0n) is 19.2. The lowest BCUT2D eigenvalue weighted by molar-refractivity contribution is 0.00729. The monoisotopic (exact) mass is 472 g/mol. The average molecular weight is 474 g/mol. The minimum atomic E-state index is 0. The quantitative estimate of drug-likeness (QED) is 0.496. The summed E-state index contributed by atoms with van der Waals surface area (Å²) < 4.78 is 11.5. The molecule has 3 aliphatic rings. The maximum atomic E-state index is 6.02. The van der Waals surface area contributed by atoms with Crippen LogP contribution in [-0.4, -0.2) is 68.4 Å². The number of nitrogens with zero attached hydrogens (tertiary/aromatic N) is 2. The van der Waals surface area contributed by atoms with Crippen LogP contribution in [-0.2, 0) is 4.74 Å². The zero-order valence-corrected chi connectivity index (χ0v) is 20.8. The Morgan fingerprint density at radius 3 is 2.32 bits per heavy atom. The highest BCUT2D eigenvalue weighted by molar-refractivity contribution is 5.85. The summed E-state index contributed by atoms with van der Waals surface area (Å²) in [6.45, 7) is 11.0. The Kier molecular flexibility index (Phi) is 12.0. The largest absolute Gasteiger partial charge is 0.494 e. The second-order valence-electron chi connectivity index (χ2n) is 9.47. The molecule has 0 bridgehead atoms. The second kappa shape index (κ2) is 13.9. The first-order valence-corrected chi connectivity index (χ1v) is 12.0. The molecule has 3 fully saturated rings. The van der Waals surface area contributed by atoms with Crippen LogP contribution < -0.4 is 4.74 Å². The highest BCUT2D eigenvalue weighted by Crippen LogP contribution is 2.35. The normalized spacial score (nSPS) is 27.7. The lowest BCUT2D eigenvalue weighted by Crippen LogP contribution is -2.44. The molecule has 0 amide bonds. The molecule has 2 aliphatic heterocycles. The number of benzene rings is 1. The van der Waals surface area contributed by atoms with E-state index >= 15 is 0 Å². The van der Waals surface area contributed by atoms with Crippen LogP contribution in [0, 0.1) is 5.92 Å². The SMILES string of the molecule is C[C@H]1CCCN(CCCOc2ccc([C@H]3CC[C@H](N4CCOCC4)CC3)cc2)C1.Cl.Cl. The maximum absolute atomic E-state index is 6.02. The Hall–Kier alpha value is -0.520. The van der Waals surface area contributed by atoms with Gasteiger partial charge in [0.2, 0.25) is 0 Å². The topological polar surface area (TPSA) is 24.9 Å². The van der Waals surface area contributed by atoms with Crippen LogP contribution in [0.1, 0.15) is 63.4 Å². The van der Waals surface area contributed by atoms with Gasteiger partial charge in [-0.15, -0.1) is 24.8 Å². The van der Waals surface area contributed by atoms with Gasteiger partial charge in [-0.3, -0.25) is 4.90 Å². The molecule has 4 nitrogen and oxygen atoms in total. The van der Waals surface area contributed by atoms with Crippen molar-refractivity contribution >= 4 is 24.8 Å². The molecule has 2 heterocycles. The summed E-state index contributed by atoms with van der Waals surface area (Å²) in [4.78, 5) is 5.26. The van der Waals surface area contributed by atoms with Crippen molar-refractivity contribution in [2.45, 2.75) is 63.8 Å². The van der Waals surface area contributed by atoms with Gasteiger partial charge in [-0.1, -0.05) is 19.1 Å². The summed E-state index contributed by atoms with van der Waals surface area (Å²) in [6, 6.07) is 9.77. The summed E-state index contributed by atoms with van der Waals surface area (Å²) in [5.74, 6) is 2.62. The van der Waals surface area contributed by atoms with E-state index in [0.717, 1.165) is 63.0 Å². The number of hydrogen-bond acceptors (Lipinski definition) is 4. The number of ether oxygens (including phenoxy) is 2. The van der Waals surface area contributed by atoms with E-state index in [1.165, 1.54) is 63.7 Å². The van der Waals surface area contributed by atoms with Crippen molar-refractivity contribution in [2.75, 3.05) is 52.5 Å². The Labute approximate surface area is 201 Å². The van der Waals surface area contributed by atoms with E-state index in [1.807, 2.05) is 0 Å². The molecule has 1 aliphatic carbocycles. The number of hydrogen-bond donors (Lipinski definition) is 0. The summed E-state index contributed by atoms with van der Waals surface area (Å²) in [5.41, 5.74) is 1.50. The molecular formula is C25H42Cl2N2O2. The van der Waals surface area contributed by atoms with Crippen LogP contribution in [0.15, 0.2) is 24.3 Å². The molecule has 6 heteroatoms. The van der Waals surface area contributed by atoms with E-state index in [-0.39, 0.29) is 24.8 Å². The van der Waals surface area contributed by atoms with E-state index in [1.54, 1.807) is 0 Å². The van der Waals surface area contributed by atoms with Crippen molar-refractivity contribution in [3.63, 3.8) is 0 Å². The minimum absolute atomic E-state index is 0. The molecule has 1 aromatic rings. The van der Waals surface area contributed by atoms with Crippen molar-refractivity contribution in [1.82, 2.24) is 9.80 Å². The Morgan fingerprint density at radius 2 is 1.65 bits per heavy atom. The van der Waals surface area contributed by atoms with Gasteiger partial charge in [-0.25, -0.2) is 0 Å². The first kappa shape index (κ1) is 26.7. The van der Waals surface area contributed by atoms with Gasteiger partial charge in [0, 0.05) is 32.2 Å². The summed E-state index contributed by atoms with van der Waals surface area (Å²) >= 11 is 0. The second-order valence-corrected chi connectivity index (χ2v) is 9.47. The molecule has 2 saturated heterocycles. The molecule has 0 unspecified atom stereocenters. The number of rotatable bonds is 7. The van der Waals surface area contributed by atoms with E-state index in [4.69, 9.17) is 9.47 Å². The highest BCUT2D eigenvalue weighted by Gasteiger charge is 2.27. The Morgan fingerprint density at radius 1 is 0.935 bits per heavy atom. The predicted molar refractivity (Wildman–Crippen MR) is 133 cm³/mol. The fourth-order valence-corrected chi connectivity index (χ4v) is 5.52. The van der Waals surface area contributed by atoms with Crippen LogP contribution in [0.2, 0.25) is 0 Å². The fraction of sp³-hybridized carbons (Fsp3) is 0.760. The van der Waals surface area contributed by atoms with E-state index in [0.29, 0.717) is 0 Å². The van der Waals surface area contributed by atoms with E-state index < -0.39 is 0 Å². The maximum Gasteiger partial charge on any atom is 0.119 e. The van der Waals surface area contributed by atoms with Gasteiger partial charge in [-0.2, -0.15) is 0 Å². The van der Waals surface area contributed by atoms with Crippen molar-refractivity contribution in [2.24, 2.45) is 5.92 Å². The molecular weight excluding hydrogens is 431 g/mol. The minimum Gasteiger partial charge on any atom is -0.494 e. The third-order valence-corrected chi connectivity index (χ3v) is 7.24. The first-order valence-electron chi connectivity index (χ1n) is 12.0. The molecule has 31 heavy (non-hydrogen) atoms. The lowest BCUT2D eigenvalue weighted by atomic mass is 9.81. The number of morpholine rings is 1. The molecule has 1 saturated carbocycles. The van der Waals surface area contributed by atoms with Crippen molar-refractivity contribution in [3.8, 4) is 5.75 Å². The molecule has 0 aromatic heterocycles. The summed E-state index contributed by atoms with van der Waals surface area (Å²) in [6.07, 6.45) is 9.18. The smallest absolute Gasteiger partial charge is 0.119 e. The van der Waals surface area contributed by atoms with Crippen molar-refractivity contribution in [1.29, 1.82) is 0 Å². The molecule has 4 rings (SSSR count).